The van der Waals surface area contributed by atoms with E-state index in [0.29, 0.717) is 0 Å². The summed E-state index contributed by atoms with van der Waals surface area (Å²) in [6, 6.07) is 15.2. The van der Waals surface area contributed by atoms with E-state index in [2.05, 4.69) is 10.3 Å². The van der Waals surface area contributed by atoms with Gasteiger partial charge in [-0.15, -0.1) is 0 Å². The van der Waals surface area contributed by atoms with Crippen LogP contribution in [0.15, 0.2) is 54.7 Å². The van der Waals surface area contributed by atoms with Crippen LogP contribution < -0.4 is 10.1 Å². The fraction of sp³-hybridized carbons (Fsp3) is 0.222. The van der Waals surface area contributed by atoms with Gasteiger partial charge in [-0.1, -0.05) is 18.2 Å². The molecule has 132 valence electrons. The van der Waals surface area contributed by atoms with Gasteiger partial charge in [-0.25, -0.2) is 0 Å². The first-order valence-electron chi connectivity index (χ1n) is 7.79. The smallest absolute Gasteiger partial charge is 0.356 e. The van der Waals surface area contributed by atoms with Crippen LogP contribution in [0.2, 0.25) is 0 Å². The number of ether oxygens (including phenoxy) is 1. The number of hydrogen-bond donors (Lipinski definition) is 2. The van der Waals surface area contributed by atoms with E-state index in [1.807, 2.05) is 54.7 Å². The van der Waals surface area contributed by atoms with Crippen molar-refractivity contribution in [1.82, 2.24) is 4.98 Å². The number of methoxy groups -OCH3 is 1. The quantitative estimate of drug-likeness (QED) is 0.594. The second kappa shape index (κ2) is 7.31. The standard InChI is InChI=1S/C18H21N2O4P/c1-22-14-10-8-13(9-11-14)20-18(25(21,23-2)24-3)16-12-19-17-7-5-4-6-15(16)17/h4-12,18-20H,1-3H3/t18-/m0/s1. The van der Waals surface area contributed by atoms with Crippen LogP contribution in [0.5, 0.6) is 5.75 Å². The molecular formula is C18H21N2O4P. The van der Waals surface area contributed by atoms with Crippen LogP contribution in [0.4, 0.5) is 5.69 Å². The summed E-state index contributed by atoms with van der Waals surface area (Å²) in [4.78, 5) is 3.20. The highest BCUT2D eigenvalue weighted by molar-refractivity contribution is 7.54. The van der Waals surface area contributed by atoms with Gasteiger partial charge >= 0.3 is 7.60 Å². The maximum Gasteiger partial charge on any atom is 0.356 e. The topological polar surface area (TPSA) is 72.6 Å². The predicted octanol–water partition coefficient (Wildman–Crippen LogP) is 4.77. The van der Waals surface area contributed by atoms with Crippen molar-refractivity contribution in [3.05, 3.63) is 60.3 Å². The number of aromatic nitrogens is 1. The third kappa shape index (κ3) is 3.42. The maximum atomic E-state index is 13.2. The second-order valence-electron chi connectivity index (χ2n) is 5.47. The molecule has 0 spiro atoms. The minimum atomic E-state index is -3.43. The second-order valence-corrected chi connectivity index (χ2v) is 7.80. The summed E-state index contributed by atoms with van der Waals surface area (Å²) in [5.74, 6) is 0.0860. The summed E-state index contributed by atoms with van der Waals surface area (Å²) < 4.78 is 28.9. The Bertz CT molecular complexity index is 883. The highest BCUT2D eigenvalue weighted by Gasteiger charge is 2.37. The number of anilines is 1. The summed E-state index contributed by atoms with van der Waals surface area (Å²) in [6.45, 7) is 0. The zero-order valence-electron chi connectivity index (χ0n) is 14.4. The van der Waals surface area contributed by atoms with E-state index in [0.717, 1.165) is 27.9 Å². The average Bonchev–Trinajstić information content (AvgIpc) is 3.09. The molecule has 6 nitrogen and oxygen atoms in total. The molecule has 0 aliphatic carbocycles. The van der Waals surface area contributed by atoms with Gasteiger partial charge in [0.1, 0.15) is 5.75 Å². The SMILES string of the molecule is COc1ccc(N[C@H](c2c[nH]c3ccccc23)P(=O)(OC)OC)cc1. The van der Waals surface area contributed by atoms with Gasteiger partial charge in [0.2, 0.25) is 0 Å². The molecule has 25 heavy (non-hydrogen) atoms. The van der Waals surface area contributed by atoms with E-state index in [-0.39, 0.29) is 0 Å². The van der Waals surface area contributed by atoms with Crippen molar-refractivity contribution in [3.63, 3.8) is 0 Å². The van der Waals surface area contributed by atoms with Crippen LogP contribution in [-0.4, -0.2) is 26.3 Å². The third-order valence-electron chi connectivity index (χ3n) is 4.13. The Morgan fingerprint density at radius 3 is 2.32 bits per heavy atom. The monoisotopic (exact) mass is 360 g/mol. The van der Waals surface area contributed by atoms with Crippen LogP contribution >= 0.6 is 7.60 Å². The zero-order chi connectivity index (χ0) is 17.9. The van der Waals surface area contributed by atoms with E-state index >= 15 is 0 Å². The van der Waals surface area contributed by atoms with Crippen molar-refractivity contribution >= 4 is 24.2 Å². The molecule has 1 aromatic heterocycles. The van der Waals surface area contributed by atoms with E-state index in [4.69, 9.17) is 13.8 Å². The first-order chi connectivity index (χ1) is 12.1. The molecule has 3 aromatic rings. The lowest BCUT2D eigenvalue weighted by Crippen LogP contribution is -2.13. The number of hydrogen-bond acceptors (Lipinski definition) is 5. The Morgan fingerprint density at radius 2 is 1.68 bits per heavy atom. The zero-order valence-corrected chi connectivity index (χ0v) is 15.2. The molecule has 0 aliphatic heterocycles. The van der Waals surface area contributed by atoms with Gasteiger partial charge in [0.25, 0.3) is 0 Å². The molecule has 0 saturated carbocycles. The summed E-state index contributed by atoms with van der Waals surface area (Å²) in [5.41, 5.74) is 2.56. The summed E-state index contributed by atoms with van der Waals surface area (Å²) >= 11 is 0. The van der Waals surface area contributed by atoms with Gasteiger partial charge in [0.05, 0.1) is 7.11 Å². The molecule has 1 atom stereocenters. The van der Waals surface area contributed by atoms with Crippen molar-refractivity contribution < 1.29 is 18.3 Å². The lowest BCUT2D eigenvalue weighted by atomic mass is 10.1. The van der Waals surface area contributed by atoms with Crippen LogP contribution in [-0.2, 0) is 13.6 Å². The van der Waals surface area contributed by atoms with Crippen LogP contribution in [0.25, 0.3) is 10.9 Å². The molecule has 1 heterocycles. The van der Waals surface area contributed by atoms with Gasteiger partial charge in [-0.3, -0.25) is 4.57 Å². The van der Waals surface area contributed by atoms with Crippen LogP contribution in [0, 0.1) is 0 Å². The Hall–Kier alpha value is -2.27. The van der Waals surface area contributed by atoms with Gasteiger partial charge in [0.15, 0.2) is 5.78 Å². The Morgan fingerprint density at radius 1 is 1.00 bits per heavy atom. The van der Waals surface area contributed by atoms with Crippen molar-refractivity contribution in [2.24, 2.45) is 0 Å². The minimum Gasteiger partial charge on any atom is -0.497 e. The lowest BCUT2D eigenvalue weighted by Gasteiger charge is -2.26. The highest BCUT2D eigenvalue weighted by Crippen LogP contribution is 2.60. The summed E-state index contributed by atoms with van der Waals surface area (Å²) in [6.07, 6.45) is 1.83. The van der Waals surface area contributed by atoms with Gasteiger partial charge < -0.3 is 24.1 Å². The molecule has 7 heteroatoms. The number of para-hydroxylation sites is 1. The molecule has 0 fully saturated rings. The number of H-pyrrole nitrogens is 1. The Labute approximate surface area is 146 Å². The number of rotatable bonds is 7. The van der Waals surface area contributed by atoms with E-state index in [1.165, 1.54) is 14.2 Å². The van der Waals surface area contributed by atoms with Gasteiger partial charge in [0, 0.05) is 42.6 Å². The lowest BCUT2D eigenvalue weighted by molar-refractivity contribution is 0.268. The molecule has 0 unspecified atom stereocenters. The van der Waals surface area contributed by atoms with Crippen molar-refractivity contribution in [2.45, 2.75) is 5.78 Å². The Balaban J connectivity index is 2.04. The fourth-order valence-electron chi connectivity index (χ4n) is 2.78. The molecule has 2 aromatic carbocycles. The summed E-state index contributed by atoms with van der Waals surface area (Å²) in [7, 11) is 0.963. The van der Waals surface area contributed by atoms with E-state index < -0.39 is 13.4 Å². The maximum absolute atomic E-state index is 13.2. The molecular weight excluding hydrogens is 339 g/mol. The van der Waals surface area contributed by atoms with Crippen molar-refractivity contribution in [3.8, 4) is 5.75 Å². The molecule has 0 amide bonds. The largest absolute Gasteiger partial charge is 0.497 e. The van der Waals surface area contributed by atoms with Crippen molar-refractivity contribution in [1.29, 1.82) is 0 Å². The Kier molecular flexibility index (Phi) is 5.13. The highest BCUT2D eigenvalue weighted by atomic mass is 31.2. The number of fused-ring (bicyclic) bond motifs is 1. The normalized spacial score (nSPS) is 12.9. The molecule has 0 aliphatic rings. The molecule has 3 rings (SSSR count). The summed E-state index contributed by atoms with van der Waals surface area (Å²) in [5, 5.41) is 4.24. The fourth-order valence-corrected chi connectivity index (χ4v) is 4.21. The van der Waals surface area contributed by atoms with Crippen molar-refractivity contribution in [2.75, 3.05) is 26.6 Å². The van der Waals surface area contributed by atoms with Gasteiger partial charge in [-0.05, 0) is 30.3 Å². The van der Waals surface area contributed by atoms with E-state index in [9.17, 15) is 4.57 Å². The number of aromatic amines is 1. The van der Waals surface area contributed by atoms with Crippen LogP contribution in [0.1, 0.15) is 11.3 Å². The first-order valence-corrected chi connectivity index (χ1v) is 9.40. The number of nitrogens with one attached hydrogen (secondary N) is 2. The molecule has 0 bridgehead atoms. The molecule has 0 radical (unpaired) electrons. The first kappa shape index (κ1) is 17.5. The van der Waals surface area contributed by atoms with Gasteiger partial charge in [-0.2, -0.15) is 0 Å². The van der Waals surface area contributed by atoms with E-state index in [1.54, 1.807) is 7.11 Å². The molecule has 2 N–H and O–H groups in total. The van der Waals surface area contributed by atoms with Crippen LogP contribution in [0.3, 0.4) is 0 Å². The minimum absolute atomic E-state index is 0.660. The number of benzene rings is 2. The third-order valence-corrected chi connectivity index (χ3v) is 6.19. The predicted molar refractivity (Wildman–Crippen MR) is 99.3 cm³/mol. The molecule has 0 saturated heterocycles. The average molecular weight is 360 g/mol.